The lowest BCUT2D eigenvalue weighted by Gasteiger charge is -2.11. The van der Waals surface area contributed by atoms with E-state index in [0.717, 1.165) is 5.56 Å². The third-order valence-electron chi connectivity index (χ3n) is 3.33. The summed E-state index contributed by atoms with van der Waals surface area (Å²) < 4.78 is 5.17. The number of aromatic nitrogens is 1. The number of amides is 2. The fourth-order valence-corrected chi connectivity index (χ4v) is 2.40. The molecule has 5 nitrogen and oxygen atoms in total. The molecule has 2 heterocycles. The highest BCUT2D eigenvalue weighted by atomic mass is 16.5. The maximum Gasteiger partial charge on any atom is 0.264 e. The van der Waals surface area contributed by atoms with Crippen LogP contribution in [0.2, 0.25) is 0 Å². The van der Waals surface area contributed by atoms with Crippen LogP contribution >= 0.6 is 0 Å². The molecule has 0 atom stereocenters. The van der Waals surface area contributed by atoms with Gasteiger partial charge in [-0.05, 0) is 12.5 Å². The van der Waals surface area contributed by atoms with Crippen LogP contribution in [0.4, 0.5) is 0 Å². The largest absolute Gasteiger partial charge is 0.480 e. The number of nitrogens with zero attached hydrogens (tertiary/aromatic N) is 1. The Balaban J connectivity index is 2.33. The smallest absolute Gasteiger partial charge is 0.264 e. The third kappa shape index (κ3) is 1.67. The van der Waals surface area contributed by atoms with E-state index in [0.29, 0.717) is 16.8 Å². The number of methoxy groups -OCH3 is 1. The molecule has 3 rings (SSSR count). The van der Waals surface area contributed by atoms with E-state index in [1.54, 1.807) is 6.92 Å². The zero-order chi connectivity index (χ0) is 14.3. The van der Waals surface area contributed by atoms with Crippen LogP contribution in [0.15, 0.2) is 30.3 Å². The Kier molecular flexibility index (Phi) is 2.75. The Hall–Kier alpha value is -2.69. The van der Waals surface area contributed by atoms with E-state index in [2.05, 4.69) is 10.3 Å². The van der Waals surface area contributed by atoms with E-state index in [1.807, 2.05) is 30.3 Å². The molecule has 1 aliphatic heterocycles. The molecule has 0 fully saturated rings. The van der Waals surface area contributed by atoms with Crippen LogP contribution in [0.1, 0.15) is 26.3 Å². The van der Waals surface area contributed by atoms with Crippen molar-refractivity contribution in [2.24, 2.45) is 0 Å². The SMILES string of the molecule is COc1nc(-c2ccccc2)c(C)c2c1C(=O)NC2=O. The molecule has 0 saturated carbocycles. The Bertz CT molecular complexity index is 724. The van der Waals surface area contributed by atoms with Crippen LogP contribution < -0.4 is 10.1 Å². The van der Waals surface area contributed by atoms with Gasteiger partial charge in [-0.2, -0.15) is 0 Å². The average Bonchev–Trinajstić information content (AvgIpc) is 2.76. The highest BCUT2D eigenvalue weighted by Gasteiger charge is 2.34. The number of fused-ring (bicyclic) bond motifs is 1. The highest BCUT2D eigenvalue weighted by Crippen LogP contribution is 2.33. The zero-order valence-corrected chi connectivity index (χ0v) is 11.1. The summed E-state index contributed by atoms with van der Waals surface area (Å²) in [7, 11) is 1.43. The Labute approximate surface area is 115 Å². The quantitative estimate of drug-likeness (QED) is 0.845. The Morgan fingerprint density at radius 3 is 2.35 bits per heavy atom. The second-order valence-electron chi connectivity index (χ2n) is 4.49. The molecule has 0 unspecified atom stereocenters. The number of carbonyl (C=O) groups is 2. The summed E-state index contributed by atoms with van der Waals surface area (Å²) in [5, 5.41) is 2.28. The minimum absolute atomic E-state index is 0.174. The van der Waals surface area contributed by atoms with Gasteiger partial charge >= 0.3 is 0 Å². The average molecular weight is 268 g/mol. The van der Waals surface area contributed by atoms with E-state index in [9.17, 15) is 9.59 Å². The van der Waals surface area contributed by atoms with Crippen molar-refractivity contribution >= 4 is 11.8 Å². The summed E-state index contributed by atoms with van der Waals surface area (Å²) >= 11 is 0. The van der Waals surface area contributed by atoms with Gasteiger partial charge in [0.2, 0.25) is 5.88 Å². The van der Waals surface area contributed by atoms with Gasteiger partial charge in [0, 0.05) is 5.56 Å². The van der Waals surface area contributed by atoms with Crippen LogP contribution in [0, 0.1) is 6.92 Å². The van der Waals surface area contributed by atoms with Crippen LogP contribution in [0.25, 0.3) is 11.3 Å². The molecule has 1 aliphatic rings. The number of rotatable bonds is 2. The molecular formula is C15H12N2O3. The first kappa shape index (κ1) is 12.3. The molecule has 0 spiro atoms. The molecular weight excluding hydrogens is 256 g/mol. The summed E-state index contributed by atoms with van der Waals surface area (Å²) in [6, 6.07) is 9.48. The van der Waals surface area contributed by atoms with Crippen molar-refractivity contribution in [1.29, 1.82) is 0 Å². The molecule has 0 aliphatic carbocycles. The standard InChI is InChI=1S/C15H12N2O3/c1-8-10-11(14(19)17-13(10)18)15(20-2)16-12(8)9-6-4-3-5-7-9/h3-7H,1-2H3,(H,17,18,19). The first-order chi connectivity index (χ1) is 9.63. The van der Waals surface area contributed by atoms with Crippen LogP contribution in [0.5, 0.6) is 5.88 Å². The van der Waals surface area contributed by atoms with Crippen molar-refractivity contribution in [3.8, 4) is 17.1 Å². The molecule has 1 aromatic carbocycles. The number of hydrogen-bond acceptors (Lipinski definition) is 4. The fourth-order valence-electron chi connectivity index (χ4n) is 2.40. The van der Waals surface area contributed by atoms with Gasteiger partial charge in [0.15, 0.2) is 0 Å². The lowest BCUT2D eigenvalue weighted by Crippen LogP contribution is -2.20. The molecule has 0 saturated heterocycles. The first-order valence-corrected chi connectivity index (χ1v) is 6.13. The molecule has 20 heavy (non-hydrogen) atoms. The molecule has 2 aromatic rings. The maximum absolute atomic E-state index is 11.9. The van der Waals surface area contributed by atoms with Gasteiger partial charge in [0.25, 0.3) is 11.8 Å². The van der Waals surface area contributed by atoms with Gasteiger partial charge in [-0.3, -0.25) is 14.9 Å². The van der Waals surface area contributed by atoms with Crippen molar-refractivity contribution in [3.63, 3.8) is 0 Å². The van der Waals surface area contributed by atoms with E-state index in [1.165, 1.54) is 7.11 Å². The van der Waals surface area contributed by atoms with Crippen molar-refractivity contribution in [3.05, 3.63) is 47.0 Å². The Morgan fingerprint density at radius 2 is 1.70 bits per heavy atom. The van der Waals surface area contributed by atoms with Gasteiger partial charge in [-0.15, -0.1) is 0 Å². The number of ether oxygens (including phenoxy) is 1. The van der Waals surface area contributed by atoms with E-state index in [-0.39, 0.29) is 11.4 Å². The second-order valence-corrected chi connectivity index (χ2v) is 4.49. The second kappa shape index (κ2) is 4.45. The number of carbonyl (C=O) groups excluding carboxylic acids is 2. The maximum atomic E-state index is 11.9. The fraction of sp³-hybridized carbons (Fsp3) is 0.133. The monoisotopic (exact) mass is 268 g/mol. The van der Waals surface area contributed by atoms with Crippen LogP contribution in [-0.2, 0) is 0 Å². The predicted octanol–water partition coefficient (Wildman–Crippen LogP) is 1.95. The molecule has 1 aromatic heterocycles. The number of imide groups is 1. The summed E-state index contributed by atoms with van der Waals surface area (Å²) in [6.45, 7) is 1.78. The van der Waals surface area contributed by atoms with Gasteiger partial charge in [-0.25, -0.2) is 4.98 Å². The van der Waals surface area contributed by atoms with E-state index in [4.69, 9.17) is 4.74 Å². The summed E-state index contributed by atoms with van der Waals surface area (Å²) in [5.74, 6) is -0.690. The predicted molar refractivity (Wildman–Crippen MR) is 72.8 cm³/mol. The molecule has 0 bridgehead atoms. The lowest BCUT2D eigenvalue weighted by molar-refractivity contribution is 0.0878. The number of hydrogen-bond donors (Lipinski definition) is 1. The van der Waals surface area contributed by atoms with Crippen LogP contribution in [-0.4, -0.2) is 23.9 Å². The number of pyridine rings is 1. The van der Waals surface area contributed by atoms with Gasteiger partial charge in [-0.1, -0.05) is 30.3 Å². The molecule has 5 heteroatoms. The number of nitrogens with one attached hydrogen (secondary N) is 1. The topological polar surface area (TPSA) is 68.3 Å². The van der Waals surface area contributed by atoms with Crippen molar-refractivity contribution in [2.45, 2.75) is 6.92 Å². The van der Waals surface area contributed by atoms with Gasteiger partial charge in [0.1, 0.15) is 5.56 Å². The third-order valence-corrected chi connectivity index (χ3v) is 3.33. The highest BCUT2D eigenvalue weighted by molar-refractivity contribution is 6.23. The summed E-state index contributed by atoms with van der Waals surface area (Å²) in [6.07, 6.45) is 0. The van der Waals surface area contributed by atoms with E-state index < -0.39 is 11.8 Å². The summed E-state index contributed by atoms with van der Waals surface area (Å²) in [5.41, 5.74) is 2.76. The lowest BCUT2D eigenvalue weighted by atomic mass is 9.99. The van der Waals surface area contributed by atoms with Crippen molar-refractivity contribution < 1.29 is 14.3 Å². The first-order valence-electron chi connectivity index (χ1n) is 6.13. The van der Waals surface area contributed by atoms with E-state index >= 15 is 0 Å². The molecule has 1 N–H and O–H groups in total. The minimum atomic E-state index is -0.461. The molecule has 2 amide bonds. The Morgan fingerprint density at radius 1 is 1.05 bits per heavy atom. The number of benzene rings is 1. The molecule has 0 radical (unpaired) electrons. The molecule has 100 valence electrons. The van der Waals surface area contributed by atoms with Gasteiger partial charge in [0.05, 0.1) is 18.4 Å². The van der Waals surface area contributed by atoms with Crippen molar-refractivity contribution in [1.82, 2.24) is 10.3 Å². The van der Waals surface area contributed by atoms with Gasteiger partial charge < -0.3 is 4.74 Å². The normalized spacial score (nSPS) is 13.1. The van der Waals surface area contributed by atoms with Crippen LogP contribution in [0.3, 0.4) is 0 Å². The summed E-state index contributed by atoms with van der Waals surface area (Å²) in [4.78, 5) is 28.1. The zero-order valence-electron chi connectivity index (χ0n) is 11.1. The van der Waals surface area contributed by atoms with Crippen molar-refractivity contribution in [2.75, 3.05) is 7.11 Å². The minimum Gasteiger partial charge on any atom is -0.480 e.